The monoisotopic (exact) mass is 389 g/mol. The van der Waals surface area contributed by atoms with Crippen molar-refractivity contribution in [2.45, 2.75) is 13.0 Å². The molecule has 0 spiro atoms. The molecule has 0 radical (unpaired) electrons. The van der Waals surface area contributed by atoms with E-state index in [9.17, 15) is 9.59 Å². The topological polar surface area (TPSA) is 81.2 Å². The van der Waals surface area contributed by atoms with Crippen LogP contribution in [0, 0.1) is 0 Å². The summed E-state index contributed by atoms with van der Waals surface area (Å²) >= 11 is 11.9. The van der Waals surface area contributed by atoms with Crippen LogP contribution in [0.1, 0.15) is 17.3 Å². The van der Waals surface area contributed by atoms with Crippen molar-refractivity contribution in [3.8, 4) is 0 Å². The average molecular weight is 390 g/mol. The molecular formula is C18H13Cl2N3O3. The Morgan fingerprint density at radius 2 is 1.92 bits per heavy atom. The third-order valence-electron chi connectivity index (χ3n) is 3.57. The van der Waals surface area contributed by atoms with E-state index in [0.717, 1.165) is 0 Å². The van der Waals surface area contributed by atoms with Gasteiger partial charge in [0, 0.05) is 11.6 Å². The number of halogens is 2. The number of nitrogens with zero attached hydrogens (tertiary/aromatic N) is 2. The molecule has 2 aromatic heterocycles. The molecule has 1 N–H and O–H groups in total. The highest BCUT2D eigenvalue weighted by molar-refractivity contribution is 6.32. The van der Waals surface area contributed by atoms with E-state index in [4.69, 9.17) is 27.9 Å². The normalized spacial score (nSPS) is 11.8. The molecule has 132 valence electrons. The van der Waals surface area contributed by atoms with Crippen LogP contribution < -0.4 is 5.32 Å². The Morgan fingerprint density at radius 3 is 2.69 bits per heavy atom. The lowest BCUT2D eigenvalue weighted by molar-refractivity contribution is -0.123. The van der Waals surface area contributed by atoms with Gasteiger partial charge in [0.15, 0.2) is 11.3 Å². The number of benzene rings is 1. The first-order chi connectivity index (χ1) is 12.5. The zero-order valence-electron chi connectivity index (χ0n) is 13.6. The summed E-state index contributed by atoms with van der Waals surface area (Å²) in [6, 6.07) is 11.7. The van der Waals surface area contributed by atoms with Crippen molar-refractivity contribution in [1.29, 1.82) is 0 Å². The van der Waals surface area contributed by atoms with Crippen LogP contribution in [0.2, 0.25) is 10.3 Å². The van der Waals surface area contributed by atoms with Crippen molar-refractivity contribution in [3.05, 3.63) is 64.5 Å². The van der Waals surface area contributed by atoms with Gasteiger partial charge in [-0.25, -0.2) is 14.8 Å². The van der Waals surface area contributed by atoms with Crippen LogP contribution in [-0.4, -0.2) is 27.9 Å². The predicted molar refractivity (Wildman–Crippen MR) is 99.5 cm³/mol. The fraction of sp³-hybridized carbons (Fsp3) is 0.111. The highest BCUT2D eigenvalue weighted by Crippen LogP contribution is 2.22. The molecule has 0 saturated carbocycles. The predicted octanol–water partition coefficient (Wildman–Crippen LogP) is 4.12. The van der Waals surface area contributed by atoms with Crippen LogP contribution in [0.4, 0.5) is 5.69 Å². The van der Waals surface area contributed by atoms with Crippen LogP contribution >= 0.6 is 23.2 Å². The molecule has 0 bridgehead atoms. The number of aromatic nitrogens is 2. The molecule has 0 unspecified atom stereocenters. The van der Waals surface area contributed by atoms with Gasteiger partial charge in [-0.15, -0.1) is 0 Å². The number of pyridine rings is 2. The Balaban J connectivity index is 1.77. The van der Waals surface area contributed by atoms with Crippen LogP contribution in [0.3, 0.4) is 0 Å². The number of rotatable bonds is 4. The highest BCUT2D eigenvalue weighted by Gasteiger charge is 2.22. The molecule has 3 rings (SSSR count). The van der Waals surface area contributed by atoms with Crippen LogP contribution in [0.25, 0.3) is 10.9 Å². The SMILES string of the molecule is C[C@@H](OC(=O)c1cc(Cl)nc2ccccc12)C(=O)Nc1cccnc1Cl. The van der Waals surface area contributed by atoms with E-state index in [0.29, 0.717) is 16.6 Å². The maximum atomic E-state index is 12.5. The number of nitrogens with one attached hydrogen (secondary N) is 1. The van der Waals surface area contributed by atoms with E-state index in [1.54, 1.807) is 36.4 Å². The number of ether oxygens (including phenoxy) is 1. The summed E-state index contributed by atoms with van der Waals surface area (Å²) in [5.41, 5.74) is 1.13. The first-order valence-corrected chi connectivity index (χ1v) is 8.39. The number of carbonyl (C=O) groups is 2. The number of fused-ring (bicyclic) bond motifs is 1. The zero-order chi connectivity index (χ0) is 18.7. The Kier molecular flexibility index (Phi) is 5.35. The molecule has 0 saturated heterocycles. The maximum Gasteiger partial charge on any atom is 0.339 e. The van der Waals surface area contributed by atoms with E-state index < -0.39 is 18.0 Å². The van der Waals surface area contributed by atoms with Crippen LogP contribution in [-0.2, 0) is 9.53 Å². The summed E-state index contributed by atoms with van der Waals surface area (Å²) in [7, 11) is 0. The van der Waals surface area contributed by atoms with E-state index >= 15 is 0 Å². The van der Waals surface area contributed by atoms with Crippen molar-refractivity contribution in [3.63, 3.8) is 0 Å². The lowest BCUT2D eigenvalue weighted by atomic mass is 10.1. The van der Waals surface area contributed by atoms with Gasteiger partial charge in [-0.3, -0.25) is 4.79 Å². The average Bonchev–Trinajstić information content (AvgIpc) is 2.62. The number of carbonyl (C=O) groups excluding carboxylic acids is 2. The lowest BCUT2D eigenvalue weighted by Gasteiger charge is -2.14. The summed E-state index contributed by atoms with van der Waals surface area (Å²) in [6.07, 6.45) is 0.448. The summed E-state index contributed by atoms with van der Waals surface area (Å²) in [5, 5.41) is 3.46. The second kappa shape index (κ2) is 7.68. The third-order valence-corrected chi connectivity index (χ3v) is 4.07. The molecule has 1 atom stereocenters. The van der Waals surface area contributed by atoms with Crippen LogP contribution in [0.5, 0.6) is 0 Å². The first-order valence-electron chi connectivity index (χ1n) is 7.63. The zero-order valence-corrected chi connectivity index (χ0v) is 15.1. The van der Waals surface area contributed by atoms with Crippen molar-refractivity contribution in [2.75, 3.05) is 5.32 Å². The second-order valence-corrected chi connectivity index (χ2v) is 6.13. The van der Waals surface area contributed by atoms with Gasteiger partial charge in [-0.1, -0.05) is 41.4 Å². The quantitative estimate of drug-likeness (QED) is 0.535. The minimum Gasteiger partial charge on any atom is -0.449 e. The maximum absolute atomic E-state index is 12.5. The fourth-order valence-corrected chi connectivity index (χ4v) is 2.67. The van der Waals surface area contributed by atoms with Gasteiger partial charge in [0.25, 0.3) is 5.91 Å². The molecule has 1 amide bonds. The highest BCUT2D eigenvalue weighted by atomic mass is 35.5. The molecule has 0 fully saturated rings. The van der Waals surface area contributed by atoms with Crippen molar-refractivity contribution >= 4 is 51.7 Å². The number of hydrogen-bond donors (Lipinski definition) is 1. The minimum absolute atomic E-state index is 0.145. The first kappa shape index (κ1) is 18.1. The van der Waals surface area contributed by atoms with E-state index in [-0.39, 0.29) is 15.9 Å². The Hall–Kier alpha value is -2.70. The number of amides is 1. The largest absolute Gasteiger partial charge is 0.449 e. The summed E-state index contributed by atoms with van der Waals surface area (Å²) in [5.74, 6) is -1.21. The Labute approximate surface area is 159 Å². The van der Waals surface area contributed by atoms with Gasteiger partial charge in [0.2, 0.25) is 0 Å². The fourth-order valence-electron chi connectivity index (χ4n) is 2.30. The summed E-state index contributed by atoms with van der Waals surface area (Å²) < 4.78 is 5.27. The van der Waals surface area contributed by atoms with Gasteiger partial charge in [0.05, 0.1) is 16.8 Å². The minimum atomic E-state index is -1.05. The van der Waals surface area contributed by atoms with E-state index in [1.807, 2.05) is 0 Å². The molecule has 0 aliphatic heterocycles. The van der Waals surface area contributed by atoms with E-state index in [2.05, 4.69) is 15.3 Å². The van der Waals surface area contributed by atoms with Crippen molar-refractivity contribution in [1.82, 2.24) is 9.97 Å². The Bertz CT molecular complexity index is 994. The van der Waals surface area contributed by atoms with Gasteiger partial charge < -0.3 is 10.1 Å². The number of esters is 1. The van der Waals surface area contributed by atoms with Gasteiger partial charge >= 0.3 is 5.97 Å². The molecule has 0 aliphatic rings. The molecule has 8 heteroatoms. The van der Waals surface area contributed by atoms with Gasteiger partial charge in [-0.05, 0) is 31.2 Å². The summed E-state index contributed by atoms with van der Waals surface area (Å²) in [4.78, 5) is 32.8. The smallest absolute Gasteiger partial charge is 0.339 e. The van der Waals surface area contributed by atoms with Gasteiger partial charge in [-0.2, -0.15) is 0 Å². The molecule has 0 aliphatic carbocycles. The standard InChI is InChI=1S/C18H13Cl2N3O3/c1-10(17(24)23-14-7-4-8-21-16(14)20)26-18(25)12-9-15(19)22-13-6-3-2-5-11(12)13/h2-10H,1H3,(H,23,24)/t10-/m1/s1. The second-order valence-electron chi connectivity index (χ2n) is 5.39. The van der Waals surface area contributed by atoms with Crippen LogP contribution in [0.15, 0.2) is 48.7 Å². The van der Waals surface area contributed by atoms with E-state index in [1.165, 1.54) is 19.2 Å². The lowest BCUT2D eigenvalue weighted by Crippen LogP contribution is -2.30. The van der Waals surface area contributed by atoms with Gasteiger partial charge in [0.1, 0.15) is 5.15 Å². The third kappa shape index (κ3) is 3.92. The molecule has 2 heterocycles. The molecule has 1 aromatic carbocycles. The molecular weight excluding hydrogens is 377 g/mol. The molecule has 6 nitrogen and oxygen atoms in total. The number of para-hydroxylation sites is 1. The number of anilines is 1. The summed E-state index contributed by atoms with van der Waals surface area (Å²) in [6.45, 7) is 1.46. The molecule has 26 heavy (non-hydrogen) atoms. The van der Waals surface area contributed by atoms with Crippen molar-refractivity contribution in [2.24, 2.45) is 0 Å². The molecule has 3 aromatic rings. The number of hydrogen-bond acceptors (Lipinski definition) is 5. The van der Waals surface area contributed by atoms with Crippen molar-refractivity contribution < 1.29 is 14.3 Å². The Morgan fingerprint density at radius 1 is 1.15 bits per heavy atom.